The highest BCUT2D eigenvalue weighted by atomic mass is 28.4. The highest BCUT2D eigenvalue weighted by Gasteiger charge is 2.49. The summed E-state index contributed by atoms with van der Waals surface area (Å²) in [6, 6.07) is 21.7. The zero-order valence-electron chi connectivity index (χ0n) is 20.7. The molecule has 1 saturated heterocycles. The van der Waals surface area contributed by atoms with Gasteiger partial charge in [-0.2, -0.15) is 0 Å². The molecule has 0 amide bonds. The molecule has 1 heterocycles. The van der Waals surface area contributed by atoms with E-state index >= 15 is 0 Å². The number of unbranched alkanes of at least 4 members (excludes halogenated alkanes) is 2. The lowest BCUT2D eigenvalue weighted by Crippen LogP contribution is -2.66. The minimum atomic E-state index is -2.44. The number of aliphatic hydroxyl groups is 1. The minimum Gasteiger partial charge on any atom is -0.407 e. The number of ether oxygens (including phenoxy) is 2. The van der Waals surface area contributed by atoms with Crippen LogP contribution < -0.4 is 10.4 Å². The quantitative estimate of drug-likeness (QED) is 0.335. The Bertz CT molecular complexity index is 745. The van der Waals surface area contributed by atoms with Crippen molar-refractivity contribution in [2.75, 3.05) is 26.4 Å². The van der Waals surface area contributed by atoms with Crippen molar-refractivity contribution in [3.8, 4) is 0 Å². The number of hydrogen-bond donors (Lipinski definition) is 1. The molecule has 182 valence electrons. The second-order valence-corrected chi connectivity index (χ2v) is 14.4. The highest BCUT2D eigenvalue weighted by Crippen LogP contribution is 2.37. The van der Waals surface area contributed by atoms with Crippen LogP contribution in [-0.2, 0) is 13.9 Å². The standard InChI is InChI=1S/C28H42O4Si/c1-28(2,3)33(25-16-8-4-9-17-25,26-18-10-5-11-19-26)32-21-12-6-7-14-24(15-13-20-29)27-30-22-23-31-27/h4-5,8-11,16-19,24,27,29H,6-7,12-15,20-23H2,1-3H3. The first-order chi connectivity index (χ1) is 16.0. The normalized spacial score (nSPS) is 16.2. The fourth-order valence-corrected chi connectivity index (χ4v) is 9.70. The van der Waals surface area contributed by atoms with Gasteiger partial charge in [0, 0.05) is 19.1 Å². The van der Waals surface area contributed by atoms with Crippen molar-refractivity contribution in [2.24, 2.45) is 5.92 Å². The molecule has 5 heteroatoms. The fourth-order valence-electron chi connectivity index (χ4n) is 5.09. The smallest absolute Gasteiger partial charge is 0.261 e. The van der Waals surface area contributed by atoms with Crippen LogP contribution in [0.4, 0.5) is 0 Å². The van der Waals surface area contributed by atoms with E-state index in [1.807, 2.05) is 0 Å². The predicted octanol–water partition coefficient (Wildman–Crippen LogP) is 4.89. The summed E-state index contributed by atoms with van der Waals surface area (Å²) < 4.78 is 18.5. The highest BCUT2D eigenvalue weighted by molar-refractivity contribution is 6.99. The zero-order chi connectivity index (χ0) is 23.6. The summed E-state index contributed by atoms with van der Waals surface area (Å²) in [5.74, 6) is 0.372. The summed E-state index contributed by atoms with van der Waals surface area (Å²) in [6.45, 7) is 9.35. The largest absolute Gasteiger partial charge is 0.407 e. The lowest BCUT2D eigenvalue weighted by atomic mass is 9.95. The van der Waals surface area contributed by atoms with Gasteiger partial charge < -0.3 is 19.0 Å². The van der Waals surface area contributed by atoms with E-state index in [4.69, 9.17) is 13.9 Å². The minimum absolute atomic E-state index is 0.0161. The maximum Gasteiger partial charge on any atom is 0.261 e. The molecule has 0 radical (unpaired) electrons. The summed E-state index contributed by atoms with van der Waals surface area (Å²) >= 11 is 0. The molecule has 33 heavy (non-hydrogen) atoms. The second kappa shape index (κ2) is 12.8. The van der Waals surface area contributed by atoms with E-state index in [0.717, 1.165) is 45.1 Å². The van der Waals surface area contributed by atoms with Gasteiger partial charge in [0.2, 0.25) is 0 Å². The van der Waals surface area contributed by atoms with Gasteiger partial charge in [-0.15, -0.1) is 0 Å². The van der Waals surface area contributed by atoms with Gasteiger partial charge in [-0.25, -0.2) is 0 Å². The molecule has 1 unspecified atom stereocenters. The molecule has 1 N–H and O–H groups in total. The van der Waals surface area contributed by atoms with Gasteiger partial charge >= 0.3 is 0 Å². The second-order valence-electron chi connectivity index (χ2n) is 10.1. The van der Waals surface area contributed by atoms with Crippen LogP contribution in [0.25, 0.3) is 0 Å². The molecule has 0 aromatic heterocycles. The molecule has 0 aliphatic carbocycles. The third-order valence-electron chi connectivity index (χ3n) is 6.72. The Hall–Kier alpha value is -1.50. The first kappa shape index (κ1) is 26.1. The lowest BCUT2D eigenvalue weighted by Gasteiger charge is -2.43. The van der Waals surface area contributed by atoms with Gasteiger partial charge in [-0.3, -0.25) is 0 Å². The Balaban J connectivity index is 1.62. The molecule has 0 spiro atoms. The van der Waals surface area contributed by atoms with Crippen molar-refractivity contribution < 1.29 is 19.0 Å². The van der Waals surface area contributed by atoms with E-state index < -0.39 is 8.32 Å². The summed E-state index contributed by atoms with van der Waals surface area (Å²) in [5, 5.41) is 11.9. The van der Waals surface area contributed by atoms with Crippen molar-refractivity contribution in [1.82, 2.24) is 0 Å². The number of benzene rings is 2. The molecule has 1 aliphatic heterocycles. The fraction of sp³-hybridized carbons (Fsp3) is 0.571. The molecule has 0 bridgehead atoms. The molecule has 1 atom stereocenters. The van der Waals surface area contributed by atoms with E-state index in [-0.39, 0.29) is 17.9 Å². The summed E-state index contributed by atoms with van der Waals surface area (Å²) in [6.07, 6.45) is 6.05. The maximum atomic E-state index is 9.24. The molecular weight excluding hydrogens is 428 g/mol. The van der Waals surface area contributed by atoms with E-state index in [1.54, 1.807) is 0 Å². The molecule has 1 fully saturated rings. The molecule has 4 nitrogen and oxygen atoms in total. The Morgan fingerprint density at radius 3 is 1.91 bits per heavy atom. The Kier molecular flexibility index (Phi) is 10.1. The van der Waals surface area contributed by atoms with Gasteiger partial charge in [0.05, 0.1) is 13.2 Å². The van der Waals surface area contributed by atoms with Crippen molar-refractivity contribution in [3.05, 3.63) is 60.7 Å². The molecule has 1 aliphatic rings. The average Bonchev–Trinajstić information content (AvgIpc) is 3.36. The number of rotatable bonds is 13. The van der Waals surface area contributed by atoms with Crippen molar-refractivity contribution >= 4 is 18.7 Å². The first-order valence-electron chi connectivity index (χ1n) is 12.6. The first-order valence-corrected chi connectivity index (χ1v) is 14.5. The van der Waals surface area contributed by atoms with Crippen LogP contribution in [0.5, 0.6) is 0 Å². The summed E-state index contributed by atoms with van der Waals surface area (Å²) in [4.78, 5) is 0. The van der Waals surface area contributed by atoms with Gasteiger partial charge in [-0.1, -0.05) is 94.3 Å². The van der Waals surface area contributed by atoms with E-state index in [9.17, 15) is 5.11 Å². The summed E-state index contributed by atoms with van der Waals surface area (Å²) in [5.41, 5.74) is 0. The predicted molar refractivity (Wildman–Crippen MR) is 138 cm³/mol. The third kappa shape index (κ3) is 6.77. The average molecular weight is 471 g/mol. The van der Waals surface area contributed by atoms with E-state index in [2.05, 4.69) is 81.4 Å². The van der Waals surface area contributed by atoms with Crippen LogP contribution >= 0.6 is 0 Å². The van der Waals surface area contributed by atoms with Crippen molar-refractivity contribution in [3.63, 3.8) is 0 Å². The van der Waals surface area contributed by atoms with Gasteiger partial charge in [0.1, 0.15) is 0 Å². The molecular formula is C28H42O4Si. The molecule has 3 rings (SSSR count). The summed E-state index contributed by atoms with van der Waals surface area (Å²) in [7, 11) is -2.44. The van der Waals surface area contributed by atoms with Crippen LogP contribution in [0.15, 0.2) is 60.7 Å². The maximum absolute atomic E-state index is 9.24. The Morgan fingerprint density at radius 2 is 1.39 bits per heavy atom. The van der Waals surface area contributed by atoms with Gasteiger partial charge in [-0.05, 0) is 41.1 Å². The van der Waals surface area contributed by atoms with Gasteiger partial charge in [0.15, 0.2) is 6.29 Å². The Morgan fingerprint density at radius 1 is 0.848 bits per heavy atom. The molecule has 2 aromatic rings. The van der Waals surface area contributed by atoms with Crippen LogP contribution in [0.2, 0.25) is 5.04 Å². The van der Waals surface area contributed by atoms with Crippen molar-refractivity contribution in [1.29, 1.82) is 0 Å². The topological polar surface area (TPSA) is 47.9 Å². The monoisotopic (exact) mass is 470 g/mol. The van der Waals surface area contributed by atoms with Crippen LogP contribution in [0, 0.1) is 5.92 Å². The third-order valence-corrected chi connectivity index (χ3v) is 11.8. The van der Waals surface area contributed by atoms with E-state index in [1.165, 1.54) is 10.4 Å². The van der Waals surface area contributed by atoms with E-state index in [0.29, 0.717) is 19.1 Å². The van der Waals surface area contributed by atoms with Gasteiger partial charge in [0.25, 0.3) is 8.32 Å². The molecule has 2 aromatic carbocycles. The Labute approximate surface area is 201 Å². The van der Waals surface area contributed by atoms with Crippen LogP contribution in [0.3, 0.4) is 0 Å². The SMILES string of the molecule is CC(C)(C)[Si](OCCCCCC(CCCO)C1OCCO1)(c1ccccc1)c1ccccc1. The van der Waals surface area contributed by atoms with Crippen LogP contribution in [-0.4, -0.2) is 46.1 Å². The number of aliphatic hydroxyl groups excluding tert-OH is 1. The lowest BCUT2D eigenvalue weighted by molar-refractivity contribution is -0.0890. The van der Waals surface area contributed by atoms with Crippen LogP contribution in [0.1, 0.15) is 59.3 Å². The molecule has 0 saturated carbocycles. The zero-order valence-corrected chi connectivity index (χ0v) is 21.7. The number of hydrogen-bond acceptors (Lipinski definition) is 4. The van der Waals surface area contributed by atoms with Crippen molar-refractivity contribution in [2.45, 2.75) is 70.6 Å².